The maximum absolute atomic E-state index is 3.55. The average Bonchev–Trinajstić information content (AvgIpc) is 2.43. The van der Waals surface area contributed by atoms with Gasteiger partial charge < -0.3 is 10.2 Å². The lowest BCUT2D eigenvalue weighted by molar-refractivity contribution is 0.476. The van der Waals surface area contributed by atoms with Crippen LogP contribution in [0.15, 0.2) is 24.3 Å². The van der Waals surface area contributed by atoms with Crippen LogP contribution in [0.3, 0.4) is 0 Å². The van der Waals surface area contributed by atoms with Gasteiger partial charge in [-0.1, -0.05) is 39.0 Å². The van der Waals surface area contributed by atoms with E-state index in [1.807, 2.05) is 0 Å². The van der Waals surface area contributed by atoms with E-state index < -0.39 is 0 Å². The van der Waals surface area contributed by atoms with Gasteiger partial charge in [-0.15, -0.1) is 0 Å². The van der Waals surface area contributed by atoms with Crippen molar-refractivity contribution in [3.8, 4) is 0 Å². The number of para-hydroxylation sites is 1. The monoisotopic (exact) mass is 260 g/mol. The molecule has 0 saturated carbocycles. The Kier molecular flexibility index (Phi) is 5.26. The van der Waals surface area contributed by atoms with Crippen LogP contribution in [-0.2, 0) is 6.42 Å². The van der Waals surface area contributed by atoms with E-state index in [4.69, 9.17) is 0 Å². The molecule has 0 aliphatic carbocycles. The molecule has 0 fully saturated rings. The first kappa shape index (κ1) is 14.4. The lowest BCUT2D eigenvalue weighted by Gasteiger charge is -2.38. The highest BCUT2D eigenvalue weighted by Crippen LogP contribution is 2.29. The molecular formula is C17H28N2. The highest BCUT2D eigenvalue weighted by atomic mass is 15.2. The second-order valence-corrected chi connectivity index (χ2v) is 5.89. The summed E-state index contributed by atoms with van der Waals surface area (Å²) >= 11 is 0. The van der Waals surface area contributed by atoms with Gasteiger partial charge in [-0.3, -0.25) is 0 Å². The third kappa shape index (κ3) is 3.73. The second kappa shape index (κ2) is 6.95. The van der Waals surface area contributed by atoms with Gasteiger partial charge in [0, 0.05) is 24.3 Å². The fourth-order valence-electron chi connectivity index (χ4n) is 3.06. The van der Waals surface area contributed by atoms with Crippen molar-refractivity contribution < 1.29 is 0 Å². The summed E-state index contributed by atoms with van der Waals surface area (Å²) in [5, 5.41) is 3.55. The van der Waals surface area contributed by atoms with Crippen LogP contribution in [-0.4, -0.2) is 25.2 Å². The molecule has 1 aromatic rings. The van der Waals surface area contributed by atoms with Crippen LogP contribution in [0.1, 0.15) is 45.6 Å². The fourth-order valence-corrected chi connectivity index (χ4v) is 3.06. The molecule has 0 bridgehead atoms. The Morgan fingerprint density at radius 1 is 1.26 bits per heavy atom. The smallest absolute Gasteiger partial charge is 0.0401 e. The van der Waals surface area contributed by atoms with E-state index in [0.717, 1.165) is 6.54 Å². The molecule has 1 heterocycles. The number of nitrogens with zero attached hydrogens (tertiary/aromatic N) is 1. The maximum Gasteiger partial charge on any atom is 0.0401 e. The molecule has 1 aromatic carbocycles. The first-order chi connectivity index (χ1) is 9.22. The van der Waals surface area contributed by atoms with Crippen molar-refractivity contribution in [2.45, 2.75) is 58.5 Å². The summed E-state index contributed by atoms with van der Waals surface area (Å²) in [4.78, 5) is 2.64. The van der Waals surface area contributed by atoms with Crippen molar-refractivity contribution in [3.63, 3.8) is 0 Å². The van der Waals surface area contributed by atoms with E-state index >= 15 is 0 Å². The number of rotatable bonds is 6. The Labute approximate surface area is 118 Å². The lowest BCUT2D eigenvalue weighted by atomic mass is 9.98. The predicted octanol–water partition coefficient (Wildman–Crippen LogP) is 3.61. The van der Waals surface area contributed by atoms with Gasteiger partial charge in [-0.25, -0.2) is 0 Å². The number of benzene rings is 1. The minimum atomic E-state index is 0.589. The van der Waals surface area contributed by atoms with Gasteiger partial charge in [0.2, 0.25) is 0 Å². The standard InChI is InChI=1S/C17H28N2/c1-4-16(11-12-18-14(2)3)19-13-7-9-15-8-5-6-10-17(15)19/h5-6,8,10,14,16,18H,4,7,9,11-13H2,1-3H3. The van der Waals surface area contributed by atoms with Crippen molar-refractivity contribution >= 4 is 5.69 Å². The number of anilines is 1. The normalized spacial score (nSPS) is 16.5. The minimum absolute atomic E-state index is 0.589. The van der Waals surface area contributed by atoms with Crippen LogP contribution in [0.4, 0.5) is 5.69 Å². The number of hydrogen-bond donors (Lipinski definition) is 1. The van der Waals surface area contributed by atoms with Crippen molar-refractivity contribution in [3.05, 3.63) is 29.8 Å². The molecule has 0 saturated heterocycles. The van der Waals surface area contributed by atoms with Gasteiger partial charge in [0.15, 0.2) is 0 Å². The second-order valence-electron chi connectivity index (χ2n) is 5.89. The minimum Gasteiger partial charge on any atom is -0.368 e. The van der Waals surface area contributed by atoms with Gasteiger partial charge in [-0.2, -0.15) is 0 Å². The van der Waals surface area contributed by atoms with Crippen molar-refractivity contribution in [2.75, 3.05) is 18.0 Å². The quantitative estimate of drug-likeness (QED) is 0.840. The Balaban J connectivity index is 2.03. The van der Waals surface area contributed by atoms with Crippen LogP contribution in [0.25, 0.3) is 0 Å². The fraction of sp³-hybridized carbons (Fsp3) is 0.647. The highest BCUT2D eigenvalue weighted by molar-refractivity contribution is 5.56. The van der Waals surface area contributed by atoms with Crippen LogP contribution < -0.4 is 10.2 Å². The van der Waals surface area contributed by atoms with E-state index in [2.05, 4.69) is 55.3 Å². The van der Waals surface area contributed by atoms with Crippen LogP contribution in [0.2, 0.25) is 0 Å². The molecule has 1 aliphatic heterocycles. The third-order valence-corrected chi connectivity index (χ3v) is 4.09. The molecule has 1 N–H and O–H groups in total. The molecule has 0 aromatic heterocycles. The molecule has 19 heavy (non-hydrogen) atoms. The Morgan fingerprint density at radius 3 is 2.79 bits per heavy atom. The Bertz CT molecular complexity index is 387. The average molecular weight is 260 g/mol. The van der Waals surface area contributed by atoms with Gasteiger partial charge in [0.1, 0.15) is 0 Å². The molecule has 1 atom stereocenters. The molecule has 0 amide bonds. The van der Waals surface area contributed by atoms with Crippen molar-refractivity contribution in [1.82, 2.24) is 5.32 Å². The summed E-state index contributed by atoms with van der Waals surface area (Å²) in [6.07, 6.45) is 5.01. The van der Waals surface area contributed by atoms with E-state index in [9.17, 15) is 0 Å². The first-order valence-electron chi connectivity index (χ1n) is 7.80. The molecule has 2 heteroatoms. The summed E-state index contributed by atoms with van der Waals surface area (Å²) in [7, 11) is 0. The molecule has 2 nitrogen and oxygen atoms in total. The van der Waals surface area contributed by atoms with Crippen molar-refractivity contribution in [2.24, 2.45) is 0 Å². The molecule has 0 radical (unpaired) electrons. The Hall–Kier alpha value is -1.02. The van der Waals surface area contributed by atoms with Gasteiger partial charge in [-0.05, 0) is 43.9 Å². The zero-order chi connectivity index (χ0) is 13.7. The van der Waals surface area contributed by atoms with Gasteiger partial charge in [0.25, 0.3) is 0 Å². The summed E-state index contributed by atoms with van der Waals surface area (Å²) in [6.45, 7) is 9.09. The van der Waals surface area contributed by atoms with E-state index in [0.29, 0.717) is 12.1 Å². The predicted molar refractivity (Wildman–Crippen MR) is 83.9 cm³/mol. The summed E-state index contributed by atoms with van der Waals surface area (Å²) in [5.74, 6) is 0. The van der Waals surface area contributed by atoms with Gasteiger partial charge in [0.05, 0.1) is 0 Å². The number of fused-ring (bicyclic) bond motifs is 1. The van der Waals surface area contributed by atoms with E-state index in [1.165, 1.54) is 43.5 Å². The molecular weight excluding hydrogens is 232 g/mol. The topological polar surface area (TPSA) is 15.3 Å². The molecule has 1 unspecified atom stereocenters. The number of aryl methyl sites for hydroxylation is 1. The third-order valence-electron chi connectivity index (χ3n) is 4.09. The van der Waals surface area contributed by atoms with E-state index in [1.54, 1.807) is 0 Å². The first-order valence-corrected chi connectivity index (χ1v) is 7.80. The summed E-state index contributed by atoms with van der Waals surface area (Å²) in [6, 6.07) is 10.2. The van der Waals surface area contributed by atoms with Gasteiger partial charge >= 0.3 is 0 Å². The lowest BCUT2D eigenvalue weighted by Crippen LogP contribution is -2.41. The number of nitrogens with one attached hydrogen (secondary N) is 1. The van der Waals surface area contributed by atoms with Crippen molar-refractivity contribution in [1.29, 1.82) is 0 Å². The van der Waals surface area contributed by atoms with Crippen LogP contribution >= 0.6 is 0 Å². The summed E-state index contributed by atoms with van der Waals surface area (Å²) < 4.78 is 0. The van der Waals surface area contributed by atoms with Crippen LogP contribution in [0, 0.1) is 0 Å². The summed E-state index contributed by atoms with van der Waals surface area (Å²) in [5.41, 5.74) is 3.01. The number of hydrogen-bond acceptors (Lipinski definition) is 2. The largest absolute Gasteiger partial charge is 0.368 e. The molecule has 1 aliphatic rings. The Morgan fingerprint density at radius 2 is 2.05 bits per heavy atom. The zero-order valence-electron chi connectivity index (χ0n) is 12.7. The molecule has 0 spiro atoms. The maximum atomic E-state index is 3.55. The highest BCUT2D eigenvalue weighted by Gasteiger charge is 2.22. The molecule has 2 rings (SSSR count). The SMILES string of the molecule is CCC(CCNC(C)C)N1CCCc2ccccc21. The molecule has 106 valence electrons. The van der Waals surface area contributed by atoms with Crippen LogP contribution in [0.5, 0.6) is 0 Å². The van der Waals surface area contributed by atoms with E-state index in [-0.39, 0.29) is 0 Å². The zero-order valence-corrected chi connectivity index (χ0v) is 12.7.